The van der Waals surface area contributed by atoms with Gasteiger partial charge in [0, 0.05) is 0 Å². The summed E-state index contributed by atoms with van der Waals surface area (Å²) in [6, 6.07) is 0. The van der Waals surface area contributed by atoms with Crippen LogP contribution in [0.15, 0.2) is 0 Å². The van der Waals surface area contributed by atoms with E-state index >= 15 is 0 Å². The summed E-state index contributed by atoms with van der Waals surface area (Å²) in [6.07, 6.45) is 0. The number of hydrogen-bond donors (Lipinski definition) is 0. The number of rotatable bonds is 15. The van der Waals surface area contributed by atoms with Gasteiger partial charge in [-0.05, 0) is 0 Å². The van der Waals surface area contributed by atoms with E-state index in [2.05, 4.69) is 13.6 Å². The highest BCUT2D eigenvalue weighted by Crippen LogP contribution is 2.43. The molecule has 0 atom stereocenters. The molecule has 0 aromatic rings. The van der Waals surface area contributed by atoms with Crippen molar-refractivity contribution in [1.29, 1.82) is 0 Å². The molecule has 0 N–H and O–H groups in total. The minimum absolute atomic E-state index is 0.497. The quantitative estimate of drug-likeness (QED) is 0.130. The van der Waals surface area contributed by atoms with Crippen molar-refractivity contribution >= 4 is 8.60 Å². The van der Waals surface area contributed by atoms with Gasteiger partial charge in [0.1, 0.15) is 29.5 Å². The smallest absolute Gasteiger partial charge is 0.296 e. The van der Waals surface area contributed by atoms with Crippen molar-refractivity contribution in [3.8, 4) is 0 Å². The molecule has 0 spiro atoms. The van der Waals surface area contributed by atoms with E-state index in [0.29, 0.717) is 20.8 Å². The van der Waals surface area contributed by atoms with E-state index in [0.717, 1.165) is 0 Å². The summed E-state index contributed by atoms with van der Waals surface area (Å²) in [4.78, 5) is 57.2. The van der Waals surface area contributed by atoms with E-state index in [4.69, 9.17) is 0 Å². The first-order valence-corrected chi connectivity index (χ1v) is 8.60. The molecule has 0 aliphatic rings. The largest absolute Gasteiger partial charge is 0.478 e. The Morgan fingerprint density at radius 1 is 0.516 bits per heavy atom. The lowest BCUT2D eigenvalue weighted by Crippen LogP contribution is -2.49. The Balaban J connectivity index is 5.71. The molecule has 176 valence electrons. The average molecular weight is 478 g/mol. The second kappa shape index (κ2) is 10.1. The van der Waals surface area contributed by atoms with Crippen molar-refractivity contribution in [2.75, 3.05) is 19.8 Å². The van der Waals surface area contributed by atoms with Crippen LogP contribution in [0.3, 0.4) is 0 Å². The maximum atomic E-state index is 10.9. The Morgan fingerprint density at radius 2 is 0.677 bits per heavy atom. The van der Waals surface area contributed by atoms with Gasteiger partial charge in [0.25, 0.3) is 0 Å². The van der Waals surface area contributed by atoms with Gasteiger partial charge in [-0.3, -0.25) is 74.3 Å². The Hall–Kier alpha value is -3.29. The molecule has 0 unspecified atom stereocenters. The molecule has 0 bridgehead atoms. The number of hydrogen-bond acceptors (Lipinski definition) is 15. The van der Waals surface area contributed by atoms with Gasteiger partial charge in [-0.1, -0.05) is 0 Å². The molecule has 0 aliphatic carbocycles. The van der Waals surface area contributed by atoms with E-state index in [9.17, 15) is 60.7 Å². The topological polar surface area (TPSA) is 287 Å². The van der Waals surface area contributed by atoms with Crippen LogP contribution in [0.1, 0.15) is 20.8 Å². The summed E-state index contributed by atoms with van der Waals surface area (Å²) < 4.78 is 14.1. The monoisotopic (exact) mass is 478 g/mol. The standard InChI is InChI=1S/C9H15N6O15P/c1-7(10(16)17,11(18)19)4-28-31(29-5-8(2,12(20)21)13(22)23)30-6-9(3,14(24)25)15(26)27/h4-6H2,1-3H3. The molecule has 31 heavy (non-hydrogen) atoms. The van der Waals surface area contributed by atoms with Crippen LogP contribution >= 0.6 is 8.60 Å². The third-order valence-electron chi connectivity index (χ3n) is 3.69. The fourth-order valence-corrected chi connectivity index (χ4v) is 2.43. The molecular formula is C9H15N6O15P. The van der Waals surface area contributed by atoms with E-state index < -0.39 is 75.0 Å². The van der Waals surface area contributed by atoms with Crippen molar-refractivity contribution in [3.05, 3.63) is 60.7 Å². The Morgan fingerprint density at radius 3 is 0.806 bits per heavy atom. The third kappa shape index (κ3) is 6.34. The molecule has 0 saturated heterocycles. The van der Waals surface area contributed by atoms with E-state index in [-0.39, 0.29) is 0 Å². The maximum absolute atomic E-state index is 10.9. The van der Waals surface area contributed by atoms with Gasteiger partial charge >= 0.3 is 25.6 Å². The number of nitro groups is 6. The van der Waals surface area contributed by atoms with E-state index in [1.165, 1.54) is 0 Å². The first-order valence-electron chi connectivity index (χ1n) is 7.51. The highest BCUT2D eigenvalue weighted by molar-refractivity contribution is 7.41. The summed E-state index contributed by atoms with van der Waals surface area (Å²) >= 11 is 0. The lowest BCUT2D eigenvalue weighted by Gasteiger charge is -2.21. The highest BCUT2D eigenvalue weighted by Gasteiger charge is 2.56. The molecule has 0 aliphatic heterocycles. The zero-order valence-corrected chi connectivity index (χ0v) is 16.8. The first-order chi connectivity index (χ1) is 13.9. The van der Waals surface area contributed by atoms with Gasteiger partial charge in [0.2, 0.25) is 0 Å². The van der Waals surface area contributed by atoms with Gasteiger partial charge < -0.3 is 0 Å². The van der Waals surface area contributed by atoms with Crippen molar-refractivity contribution in [3.63, 3.8) is 0 Å². The van der Waals surface area contributed by atoms with Gasteiger partial charge in [-0.15, -0.1) is 0 Å². The van der Waals surface area contributed by atoms with E-state index in [1.807, 2.05) is 0 Å². The van der Waals surface area contributed by atoms with Gasteiger partial charge in [0.15, 0.2) is 19.8 Å². The SMILES string of the molecule is CC(COP(OCC(C)([N+](=O)[O-])[N+](=O)[O-])OCC(C)([N+](=O)[O-])[N+](=O)[O-])([N+](=O)[O-])[N+](=O)[O-]. The molecule has 0 amide bonds. The Kier molecular flexibility index (Phi) is 9.07. The van der Waals surface area contributed by atoms with Gasteiger partial charge in [-0.2, -0.15) is 0 Å². The second-order valence-corrected chi connectivity index (χ2v) is 7.46. The fraction of sp³-hybridized carbons (Fsp3) is 1.00. The minimum Gasteiger partial charge on any atom is -0.296 e. The minimum atomic E-state index is -3.23. The normalized spacial score (nSPS) is 12.4. The fourth-order valence-electron chi connectivity index (χ4n) is 1.15. The Labute approximate surface area is 171 Å². The van der Waals surface area contributed by atoms with Crippen molar-refractivity contribution in [2.24, 2.45) is 0 Å². The molecule has 0 heterocycles. The Bertz CT molecular complexity index is 632. The first kappa shape index (κ1) is 27.7. The molecule has 0 radical (unpaired) electrons. The zero-order chi connectivity index (χ0) is 24.8. The predicted octanol–water partition coefficient (Wildman–Crippen LogP) is 0.0719. The third-order valence-corrected chi connectivity index (χ3v) is 4.71. The predicted molar refractivity (Wildman–Crippen MR) is 92.0 cm³/mol. The van der Waals surface area contributed by atoms with Crippen LogP contribution in [-0.2, 0) is 13.6 Å². The molecular weight excluding hydrogens is 463 g/mol. The van der Waals surface area contributed by atoms with Crippen molar-refractivity contribution in [2.45, 2.75) is 37.8 Å². The molecule has 22 heteroatoms. The lowest BCUT2D eigenvalue weighted by molar-refractivity contribution is -0.794. The molecule has 21 nitrogen and oxygen atoms in total. The summed E-state index contributed by atoms with van der Waals surface area (Å²) in [7, 11) is -3.23. The average Bonchev–Trinajstić information content (AvgIpc) is 2.65. The van der Waals surface area contributed by atoms with Crippen LogP contribution in [0, 0.1) is 60.7 Å². The summed E-state index contributed by atoms with van der Waals surface area (Å²) in [5.74, 6) is 0. The summed E-state index contributed by atoms with van der Waals surface area (Å²) in [5.41, 5.74) is -9.00. The van der Waals surface area contributed by atoms with Crippen LogP contribution in [0.4, 0.5) is 0 Å². The molecule has 0 rings (SSSR count). The van der Waals surface area contributed by atoms with Crippen LogP contribution in [0.5, 0.6) is 0 Å². The summed E-state index contributed by atoms with van der Waals surface area (Å²) in [5, 5.41) is 65.5. The molecule has 0 aromatic heterocycles. The molecule has 0 fully saturated rings. The van der Waals surface area contributed by atoms with Crippen LogP contribution in [0.2, 0.25) is 0 Å². The van der Waals surface area contributed by atoms with Gasteiger partial charge in [-0.25, -0.2) is 0 Å². The lowest BCUT2D eigenvalue weighted by atomic mass is 10.2. The van der Waals surface area contributed by atoms with Crippen LogP contribution < -0.4 is 0 Å². The molecule has 0 aromatic carbocycles. The van der Waals surface area contributed by atoms with Crippen molar-refractivity contribution in [1.82, 2.24) is 0 Å². The highest BCUT2D eigenvalue weighted by atomic mass is 31.2. The summed E-state index contributed by atoms with van der Waals surface area (Å²) in [6.45, 7) is -2.76. The van der Waals surface area contributed by atoms with Gasteiger partial charge in [0.05, 0.1) is 20.8 Å². The van der Waals surface area contributed by atoms with Crippen LogP contribution in [-0.4, -0.2) is 66.3 Å². The van der Waals surface area contributed by atoms with E-state index in [1.54, 1.807) is 0 Å². The maximum Gasteiger partial charge on any atom is 0.478 e. The zero-order valence-electron chi connectivity index (χ0n) is 15.9. The van der Waals surface area contributed by atoms with Crippen LogP contribution in [0.25, 0.3) is 0 Å². The van der Waals surface area contributed by atoms with Crippen molar-refractivity contribution < 1.29 is 43.1 Å². The second-order valence-electron chi connectivity index (χ2n) is 6.24. The number of nitrogens with zero attached hydrogens (tertiary/aromatic N) is 6. The molecule has 0 saturated carbocycles.